The van der Waals surface area contributed by atoms with E-state index >= 15 is 0 Å². The molecule has 2 saturated carbocycles. The van der Waals surface area contributed by atoms with Crippen LogP contribution in [0.4, 0.5) is 10.1 Å². The minimum Gasteiger partial charge on any atom is -0.483 e. The first-order valence-corrected chi connectivity index (χ1v) is 13.3. The van der Waals surface area contributed by atoms with Crippen LogP contribution in [0.5, 0.6) is 5.75 Å². The maximum atomic E-state index is 14.1. The summed E-state index contributed by atoms with van der Waals surface area (Å²) in [5.74, 6) is 2.80. The predicted octanol–water partition coefficient (Wildman–Crippen LogP) is 5.75. The van der Waals surface area contributed by atoms with E-state index in [2.05, 4.69) is 21.7 Å². The summed E-state index contributed by atoms with van der Waals surface area (Å²) in [4.78, 5) is 14.6. The van der Waals surface area contributed by atoms with E-state index in [0.29, 0.717) is 16.9 Å². The zero-order chi connectivity index (χ0) is 24.4. The normalized spacial score (nSPS) is 21.7. The van der Waals surface area contributed by atoms with Gasteiger partial charge in [0.15, 0.2) is 22.5 Å². The summed E-state index contributed by atoms with van der Waals surface area (Å²) in [5.41, 5.74) is 0.855. The summed E-state index contributed by atoms with van der Waals surface area (Å²) in [6.07, 6.45) is 5.14. The quantitative estimate of drug-likeness (QED) is 0.355. The van der Waals surface area contributed by atoms with Crippen LogP contribution in [0.25, 0.3) is 0 Å². The second-order valence-corrected chi connectivity index (χ2v) is 10.6. The number of nitrogens with zero attached hydrogens (tertiary/aromatic N) is 4. The summed E-state index contributed by atoms with van der Waals surface area (Å²) < 4.78 is 22.0. The van der Waals surface area contributed by atoms with Crippen molar-refractivity contribution in [2.45, 2.75) is 50.4 Å². The molecule has 0 saturated heterocycles. The van der Waals surface area contributed by atoms with Crippen LogP contribution in [0.1, 0.15) is 44.5 Å². The van der Waals surface area contributed by atoms with Gasteiger partial charge >= 0.3 is 0 Å². The highest BCUT2D eigenvalue weighted by Crippen LogP contribution is 2.52. The molecular formula is C27H31FN4O2S. The molecule has 0 spiro atoms. The van der Waals surface area contributed by atoms with Crippen molar-refractivity contribution in [1.29, 1.82) is 0 Å². The molecule has 2 bridgehead atoms. The first-order valence-electron chi connectivity index (χ1n) is 12.3. The van der Waals surface area contributed by atoms with Crippen molar-refractivity contribution in [1.82, 2.24) is 14.8 Å². The van der Waals surface area contributed by atoms with E-state index in [4.69, 9.17) is 4.74 Å². The first kappa shape index (κ1) is 23.9. The number of aromatic nitrogens is 3. The number of thioether (sulfide) groups is 1. The van der Waals surface area contributed by atoms with Crippen molar-refractivity contribution in [3.8, 4) is 5.75 Å². The van der Waals surface area contributed by atoms with Crippen LogP contribution < -0.4 is 9.64 Å². The lowest BCUT2D eigenvalue weighted by Gasteiger charge is -2.30. The van der Waals surface area contributed by atoms with Gasteiger partial charge in [-0.15, -0.1) is 10.2 Å². The van der Waals surface area contributed by atoms with Gasteiger partial charge < -0.3 is 9.64 Å². The van der Waals surface area contributed by atoms with Gasteiger partial charge in [-0.3, -0.25) is 9.36 Å². The van der Waals surface area contributed by atoms with E-state index in [-0.39, 0.29) is 30.1 Å². The van der Waals surface area contributed by atoms with Crippen molar-refractivity contribution >= 4 is 23.4 Å². The Labute approximate surface area is 209 Å². The number of hydrogen-bond donors (Lipinski definition) is 0. The monoisotopic (exact) mass is 494 g/mol. The lowest BCUT2D eigenvalue weighted by molar-refractivity contribution is -0.115. The Bertz CT molecular complexity index is 1170. The van der Waals surface area contributed by atoms with Crippen LogP contribution in [-0.4, -0.2) is 33.5 Å². The molecule has 3 aromatic rings. The fourth-order valence-corrected chi connectivity index (χ4v) is 6.67. The fourth-order valence-electron chi connectivity index (χ4n) is 5.71. The van der Waals surface area contributed by atoms with E-state index in [1.165, 1.54) is 43.5 Å². The molecule has 0 unspecified atom stereocenters. The van der Waals surface area contributed by atoms with E-state index in [1.54, 1.807) is 30.1 Å². The molecule has 1 amide bonds. The van der Waals surface area contributed by atoms with Gasteiger partial charge in [0.05, 0.1) is 5.75 Å². The SMILES string of the molecule is C[C@H]([C@H]1C[C@@H]2CC[C@@H]1C2)n1c(COc2ccccc2F)nnc1SCC(=O)N(C)c1ccccc1. The van der Waals surface area contributed by atoms with Gasteiger partial charge in [-0.25, -0.2) is 4.39 Å². The molecule has 5 rings (SSSR count). The van der Waals surface area contributed by atoms with E-state index in [1.807, 2.05) is 30.3 Å². The van der Waals surface area contributed by atoms with Crippen molar-refractivity contribution in [3.05, 3.63) is 66.2 Å². The Morgan fingerprint density at radius 2 is 1.91 bits per heavy atom. The van der Waals surface area contributed by atoms with Crippen LogP contribution in [0.15, 0.2) is 59.8 Å². The third-order valence-corrected chi connectivity index (χ3v) is 8.52. The van der Waals surface area contributed by atoms with Crippen LogP contribution in [-0.2, 0) is 11.4 Å². The maximum absolute atomic E-state index is 14.1. The van der Waals surface area contributed by atoms with Gasteiger partial charge in [0, 0.05) is 18.8 Å². The van der Waals surface area contributed by atoms with Crippen LogP contribution in [0.3, 0.4) is 0 Å². The average molecular weight is 495 g/mol. The predicted molar refractivity (Wildman–Crippen MR) is 135 cm³/mol. The fraction of sp³-hybridized carbons (Fsp3) is 0.444. The Kier molecular flexibility index (Phi) is 7.09. The zero-order valence-electron chi connectivity index (χ0n) is 20.1. The number of halogens is 1. The number of benzene rings is 2. The molecule has 8 heteroatoms. The number of carbonyl (C=O) groups is 1. The highest BCUT2D eigenvalue weighted by molar-refractivity contribution is 7.99. The second kappa shape index (κ2) is 10.4. The smallest absolute Gasteiger partial charge is 0.237 e. The number of ether oxygens (including phenoxy) is 1. The van der Waals surface area contributed by atoms with Gasteiger partial charge in [0.25, 0.3) is 0 Å². The average Bonchev–Trinajstić information content (AvgIpc) is 3.62. The minimum absolute atomic E-state index is 0.00696. The van der Waals surface area contributed by atoms with Crippen molar-refractivity contribution < 1.29 is 13.9 Å². The Balaban J connectivity index is 1.34. The first-order chi connectivity index (χ1) is 17.0. The number of anilines is 1. The number of fused-ring (bicyclic) bond motifs is 2. The molecule has 2 aliphatic carbocycles. The van der Waals surface area contributed by atoms with E-state index < -0.39 is 5.82 Å². The van der Waals surface area contributed by atoms with Crippen LogP contribution in [0, 0.1) is 23.6 Å². The molecule has 184 valence electrons. The van der Waals surface area contributed by atoms with E-state index in [9.17, 15) is 9.18 Å². The molecule has 1 heterocycles. The van der Waals surface area contributed by atoms with Crippen molar-refractivity contribution in [2.75, 3.05) is 17.7 Å². The standard InChI is InChI=1S/C27H31FN4O2S/c1-18(22-15-19-12-13-20(22)14-19)32-25(16-34-24-11-7-6-10-23(24)28)29-30-27(32)35-17-26(33)31(2)21-8-4-3-5-9-21/h3-11,18-20,22H,12-17H2,1-2H3/t18-,19-,20-,22-/m1/s1. The topological polar surface area (TPSA) is 60.2 Å². The number of carbonyl (C=O) groups excluding carboxylic acids is 1. The molecule has 1 aromatic heterocycles. The summed E-state index contributed by atoms with van der Waals surface area (Å²) in [6, 6.07) is 16.2. The third-order valence-electron chi connectivity index (χ3n) is 7.59. The molecule has 0 radical (unpaired) electrons. The summed E-state index contributed by atoms with van der Waals surface area (Å²) in [7, 11) is 1.79. The molecular weight excluding hydrogens is 463 g/mol. The van der Waals surface area contributed by atoms with Gasteiger partial charge in [0.1, 0.15) is 6.61 Å². The summed E-state index contributed by atoms with van der Waals surface area (Å²) >= 11 is 1.40. The lowest BCUT2D eigenvalue weighted by Crippen LogP contribution is -2.28. The molecule has 2 aromatic carbocycles. The second-order valence-electron chi connectivity index (χ2n) is 9.64. The molecule has 4 atom stereocenters. The number of rotatable bonds is 9. The Morgan fingerprint density at radius 3 is 2.63 bits per heavy atom. The number of para-hydroxylation sites is 2. The van der Waals surface area contributed by atoms with E-state index in [0.717, 1.165) is 17.5 Å². The van der Waals surface area contributed by atoms with Crippen LogP contribution in [0.2, 0.25) is 0 Å². The largest absolute Gasteiger partial charge is 0.483 e. The Hall–Kier alpha value is -2.87. The van der Waals surface area contributed by atoms with Gasteiger partial charge in [0.2, 0.25) is 5.91 Å². The molecule has 2 aliphatic rings. The number of amides is 1. The summed E-state index contributed by atoms with van der Waals surface area (Å²) in [6.45, 7) is 2.35. The molecule has 2 fully saturated rings. The molecule has 6 nitrogen and oxygen atoms in total. The summed E-state index contributed by atoms with van der Waals surface area (Å²) in [5, 5.41) is 9.57. The number of hydrogen-bond acceptors (Lipinski definition) is 5. The molecule has 35 heavy (non-hydrogen) atoms. The Morgan fingerprint density at radius 1 is 1.14 bits per heavy atom. The lowest BCUT2D eigenvalue weighted by atomic mass is 9.84. The maximum Gasteiger partial charge on any atom is 0.237 e. The van der Waals surface area contributed by atoms with Crippen molar-refractivity contribution in [3.63, 3.8) is 0 Å². The van der Waals surface area contributed by atoms with Gasteiger partial charge in [-0.2, -0.15) is 0 Å². The highest BCUT2D eigenvalue weighted by Gasteiger charge is 2.43. The highest BCUT2D eigenvalue weighted by atomic mass is 32.2. The third kappa shape index (κ3) is 5.08. The van der Waals surface area contributed by atoms with Gasteiger partial charge in [-0.1, -0.05) is 48.5 Å². The molecule has 0 aliphatic heterocycles. The van der Waals surface area contributed by atoms with Crippen LogP contribution >= 0.6 is 11.8 Å². The van der Waals surface area contributed by atoms with Crippen molar-refractivity contribution in [2.24, 2.45) is 17.8 Å². The molecule has 0 N–H and O–H groups in total. The minimum atomic E-state index is -0.399. The zero-order valence-corrected chi connectivity index (χ0v) is 21.0. The van der Waals surface area contributed by atoms with Gasteiger partial charge in [-0.05, 0) is 68.2 Å².